The maximum Gasteiger partial charge on any atom is 0.129 e. The van der Waals surface area contributed by atoms with E-state index < -0.39 is 0 Å². The van der Waals surface area contributed by atoms with E-state index in [-0.39, 0.29) is 0 Å². The molecule has 12 heavy (non-hydrogen) atoms. The summed E-state index contributed by atoms with van der Waals surface area (Å²) in [4.78, 5) is 0. The third kappa shape index (κ3) is 1.23. The molecule has 0 atom stereocenters. The molecule has 0 unspecified atom stereocenters. The Morgan fingerprint density at radius 1 is 1.50 bits per heavy atom. The van der Waals surface area contributed by atoms with E-state index in [1.165, 1.54) is 0 Å². The summed E-state index contributed by atoms with van der Waals surface area (Å²) >= 11 is 9.17. The van der Waals surface area contributed by atoms with Crippen LogP contribution in [0.5, 0.6) is 0 Å². The minimum atomic E-state index is 0.704. The Morgan fingerprint density at radius 2 is 2.25 bits per heavy atom. The molecule has 0 aromatic carbocycles. The summed E-state index contributed by atoms with van der Waals surface area (Å²) in [5.41, 5.74) is 2.20. The third-order valence-electron chi connectivity index (χ3n) is 1.71. The molecule has 0 radical (unpaired) electrons. The van der Waals surface area contributed by atoms with Gasteiger partial charge in [0.2, 0.25) is 0 Å². The Kier molecular flexibility index (Phi) is 1.85. The monoisotopic (exact) mass is 244 g/mol. The molecule has 2 nitrogen and oxygen atoms in total. The van der Waals surface area contributed by atoms with Crippen LogP contribution in [-0.2, 0) is 0 Å². The van der Waals surface area contributed by atoms with Gasteiger partial charge in [-0.05, 0) is 40.5 Å². The summed E-state index contributed by atoms with van der Waals surface area (Å²) in [5.74, 6) is 0. The van der Waals surface area contributed by atoms with Gasteiger partial charge in [-0.1, -0.05) is 11.6 Å². The van der Waals surface area contributed by atoms with Crippen LogP contribution in [-0.4, -0.2) is 9.61 Å². The minimum Gasteiger partial charge on any atom is -0.238 e. The number of rotatable bonds is 0. The normalized spacial score (nSPS) is 10.9. The minimum absolute atomic E-state index is 0.704. The molecular weight excluding hydrogens is 239 g/mol. The van der Waals surface area contributed by atoms with E-state index in [1.54, 1.807) is 10.7 Å². The number of aromatic nitrogens is 2. The number of hydrogen-bond acceptors (Lipinski definition) is 1. The van der Waals surface area contributed by atoms with E-state index in [0.717, 1.165) is 15.7 Å². The topological polar surface area (TPSA) is 17.3 Å². The molecule has 0 aliphatic heterocycles. The zero-order valence-corrected chi connectivity index (χ0v) is 8.72. The van der Waals surface area contributed by atoms with Gasteiger partial charge in [0.25, 0.3) is 0 Å². The van der Waals surface area contributed by atoms with Crippen molar-refractivity contribution in [1.29, 1.82) is 0 Å². The van der Waals surface area contributed by atoms with Crippen molar-refractivity contribution in [2.45, 2.75) is 6.92 Å². The van der Waals surface area contributed by atoms with Gasteiger partial charge in [-0.15, -0.1) is 0 Å². The molecule has 0 amide bonds. The average Bonchev–Trinajstić information content (AvgIpc) is 2.29. The predicted molar refractivity (Wildman–Crippen MR) is 52.6 cm³/mol. The van der Waals surface area contributed by atoms with Crippen LogP contribution in [0.15, 0.2) is 22.9 Å². The van der Waals surface area contributed by atoms with Crippen LogP contribution in [0.25, 0.3) is 5.52 Å². The van der Waals surface area contributed by atoms with E-state index in [2.05, 4.69) is 21.0 Å². The highest BCUT2D eigenvalue weighted by atomic mass is 79.9. The molecule has 2 heterocycles. The van der Waals surface area contributed by atoms with Crippen LogP contribution < -0.4 is 0 Å². The zero-order chi connectivity index (χ0) is 8.72. The van der Waals surface area contributed by atoms with Gasteiger partial charge in [-0.25, -0.2) is 4.52 Å². The van der Waals surface area contributed by atoms with Crippen LogP contribution in [0.3, 0.4) is 0 Å². The molecule has 0 saturated carbocycles. The van der Waals surface area contributed by atoms with Crippen molar-refractivity contribution in [1.82, 2.24) is 9.61 Å². The van der Waals surface area contributed by atoms with E-state index in [4.69, 9.17) is 11.6 Å². The second-order valence-electron chi connectivity index (χ2n) is 2.64. The molecule has 0 N–H and O–H groups in total. The second-order valence-corrected chi connectivity index (χ2v) is 3.89. The van der Waals surface area contributed by atoms with Crippen molar-refractivity contribution >= 4 is 33.0 Å². The number of fused-ring (bicyclic) bond motifs is 1. The van der Waals surface area contributed by atoms with Gasteiger partial charge in [0.05, 0.1) is 10.5 Å². The fraction of sp³-hybridized carbons (Fsp3) is 0.125. The van der Waals surface area contributed by atoms with Crippen LogP contribution in [0.4, 0.5) is 0 Å². The molecule has 0 aliphatic carbocycles. The number of nitrogens with zero attached hydrogens (tertiary/aromatic N) is 2. The lowest BCUT2D eigenvalue weighted by Gasteiger charge is -1.97. The molecule has 2 rings (SSSR count). The summed E-state index contributed by atoms with van der Waals surface area (Å²) < 4.78 is 2.59. The van der Waals surface area contributed by atoms with Crippen molar-refractivity contribution in [3.05, 3.63) is 33.5 Å². The quantitative estimate of drug-likeness (QED) is 0.697. The van der Waals surface area contributed by atoms with Gasteiger partial charge in [0, 0.05) is 6.20 Å². The number of aryl methyl sites for hydroxylation is 1. The lowest BCUT2D eigenvalue weighted by Crippen LogP contribution is -1.88. The predicted octanol–water partition coefficient (Wildman–Crippen LogP) is 3.06. The Morgan fingerprint density at radius 3 is 3.00 bits per heavy atom. The van der Waals surface area contributed by atoms with Gasteiger partial charge < -0.3 is 0 Å². The average molecular weight is 246 g/mol. The lowest BCUT2D eigenvalue weighted by molar-refractivity contribution is 0.942. The summed E-state index contributed by atoms with van der Waals surface area (Å²) in [7, 11) is 0. The van der Waals surface area contributed by atoms with E-state index in [1.807, 2.05) is 19.1 Å². The molecule has 2 aromatic heterocycles. The Hall–Kier alpha value is -0.540. The van der Waals surface area contributed by atoms with E-state index in [9.17, 15) is 0 Å². The molecule has 0 bridgehead atoms. The number of hydrogen-bond donors (Lipinski definition) is 0. The fourth-order valence-corrected chi connectivity index (χ4v) is 1.84. The molecule has 0 saturated heterocycles. The number of pyridine rings is 1. The second kappa shape index (κ2) is 2.75. The van der Waals surface area contributed by atoms with Crippen LogP contribution in [0.1, 0.15) is 5.56 Å². The summed E-state index contributed by atoms with van der Waals surface area (Å²) in [6, 6.07) is 3.89. The Bertz CT molecular complexity index is 436. The largest absolute Gasteiger partial charge is 0.238 e. The van der Waals surface area contributed by atoms with Gasteiger partial charge in [-0.3, -0.25) is 0 Å². The molecule has 0 spiro atoms. The Balaban J connectivity index is 2.88. The van der Waals surface area contributed by atoms with Gasteiger partial charge in [-0.2, -0.15) is 5.10 Å². The zero-order valence-electron chi connectivity index (χ0n) is 6.38. The van der Waals surface area contributed by atoms with Gasteiger partial charge in [0.15, 0.2) is 0 Å². The van der Waals surface area contributed by atoms with Gasteiger partial charge >= 0.3 is 0 Å². The third-order valence-corrected chi connectivity index (χ3v) is 2.30. The number of halogens is 2. The van der Waals surface area contributed by atoms with Crippen LogP contribution in [0, 0.1) is 6.92 Å². The Labute approximate surface area is 83.3 Å². The van der Waals surface area contributed by atoms with Crippen molar-refractivity contribution in [3.8, 4) is 0 Å². The lowest BCUT2D eigenvalue weighted by atomic mass is 10.2. The summed E-state index contributed by atoms with van der Waals surface area (Å²) in [6.07, 6.45) is 1.79. The molecule has 2 aromatic rings. The standard InChI is InChI=1S/C8H6BrClN2/c1-5-2-6(10)4-12-7(5)3-8(9)11-12/h2-4H,1H3. The smallest absolute Gasteiger partial charge is 0.129 e. The van der Waals surface area contributed by atoms with Crippen molar-refractivity contribution in [2.75, 3.05) is 0 Å². The first-order chi connectivity index (χ1) is 5.66. The molecule has 0 fully saturated rings. The first-order valence-electron chi connectivity index (χ1n) is 3.48. The van der Waals surface area contributed by atoms with Crippen molar-refractivity contribution in [2.24, 2.45) is 0 Å². The SMILES string of the molecule is Cc1cc(Cl)cn2nc(Br)cc12. The van der Waals surface area contributed by atoms with Crippen LogP contribution in [0.2, 0.25) is 5.02 Å². The highest BCUT2D eigenvalue weighted by molar-refractivity contribution is 9.10. The molecular formula is C8H6BrClN2. The van der Waals surface area contributed by atoms with E-state index in [0.29, 0.717) is 5.02 Å². The highest BCUT2D eigenvalue weighted by Crippen LogP contribution is 2.19. The van der Waals surface area contributed by atoms with Gasteiger partial charge in [0.1, 0.15) is 4.60 Å². The van der Waals surface area contributed by atoms with E-state index >= 15 is 0 Å². The summed E-state index contributed by atoms with van der Waals surface area (Å²) in [5, 5.41) is 4.89. The highest BCUT2D eigenvalue weighted by Gasteiger charge is 2.02. The summed E-state index contributed by atoms with van der Waals surface area (Å²) in [6.45, 7) is 2.01. The maximum absolute atomic E-state index is 5.86. The molecule has 62 valence electrons. The van der Waals surface area contributed by atoms with Crippen LogP contribution >= 0.6 is 27.5 Å². The van der Waals surface area contributed by atoms with Crippen molar-refractivity contribution < 1.29 is 0 Å². The molecule has 0 aliphatic rings. The first kappa shape index (κ1) is 8.08. The van der Waals surface area contributed by atoms with Crippen molar-refractivity contribution in [3.63, 3.8) is 0 Å². The first-order valence-corrected chi connectivity index (χ1v) is 4.65. The fourth-order valence-electron chi connectivity index (χ4n) is 1.19. The maximum atomic E-state index is 5.86. The molecule has 4 heteroatoms.